The topological polar surface area (TPSA) is 61.4 Å². The zero-order valence-electron chi connectivity index (χ0n) is 19.5. The van der Waals surface area contributed by atoms with Crippen molar-refractivity contribution in [2.24, 2.45) is 0 Å². The molecule has 3 aromatic carbocycles. The average molecular weight is 448 g/mol. The first-order chi connectivity index (χ1) is 15.7. The van der Waals surface area contributed by atoms with Crippen LogP contribution in [0.1, 0.15) is 27.8 Å². The maximum absolute atomic E-state index is 14.3. The van der Waals surface area contributed by atoms with Crippen molar-refractivity contribution in [2.45, 2.75) is 34.2 Å². The number of halogens is 1. The molecule has 0 radical (unpaired) electrons. The van der Waals surface area contributed by atoms with E-state index in [4.69, 9.17) is 0 Å². The number of aryl methyl sites for hydroxylation is 4. The Labute approximate surface area is 194 Å². The Kier molecular flexibility index (Phi) is 7.96. The molecule has 0 heterocycles. The number of anilines is 2. The molecule has 0 aliphatic rings. The zero-order valence-corrected chi connectivity index (χ0v) is 19.5. The second-order valence-corrected chi connectivity index (χ2v) is 8.37. The summed E-state index contributed by atoms with van der Waals surface area (Å²) in [6, 6.07) is 18.0. The van der Waals surface area contributed by atoms with Crippen molar-refractivity contribution < 1.29 is 14.0 Å². The third kappa shape index (κ3) is 6.49. The van der Waals surface area contributed by atoms with E-state index in [9.17, 15) is 14.0 Å². The van der Waals surface area contributed by atoms with Crippen molar-refractivity contribution in [3.05, 3.63) is 94.3 Å². The molecular formula is C27H30FN3O2. The van der Waals surface area contributed by atoms with E-state index in [1.807, 2.05) is 64.1 Å². The van der Waals surface area contributed by atoms with Crippen LogP contribution < -0.4 is 10.6 Å². The first-order valence-corrected chi connectivity index (χ1v) is 10.9. The number of hydrogen-bond acceptors (Lipinski definition) is 3. The maximum Gasteiger partial charge on any atom is 0.238 e. The highest BCUT2D eigenvalue weighted by Gasteiger charge is 2.19. The van der Waals surface area contributed by atoms with Crippen LogP contribution in [0.3, 0.4) is 0 Å². The molecular weight excluding hydrogens is 417 g/mol. The predicted octanol–water partition coefficient (Wildman–Crippen LogP) is 5.14. The van der Waals surface area contributed by atoms with Crippen molar-refractivity contribution in [1.29, 1.82) is 0 Å². The van der Waals surface area contributed by atoms with Gasteiger partial charge in [-0.25, -0.2) is 4.39 Å². The molecule has 0 atom stereocenters. The molecule has 3 rings (SSSR count). The van der Waals surface area contributed by atoms with Crippen molar-refractivity contribution in [2.75, 3.05) is 23.7 Å². The fourth-order valence-electron chi connectivity index (χ4n) is 3.82. The van der Waals surface area contributed by atoms with Gasteiger partial charge >= 0.3 is 0 Å². The Bertz CT molecular complexity index is 1050. The van der Waals surface area contributed by atoms with E-state index in [0.717, 1.165) is 33.6 Å². The van der Waals surface area contributed by atoms with Crippen LogP contribution >= 0.6 is 0 Å². The van der Waals surface area contributed by atoms with Gasteiger partial charge in [-0.3, -0.25) is 14.5 Å². The van der Waals surface area contributed by atoms with Gasteiger partial charge in [-0.15, -0.1) is 0 Å². The fraction of sp³-hybridized carbons (Fsp3) is 0.259. The van der Waals surface area contributed by atoms with E-state index >= 15 is 0 Å². The van der Waals surface area contributed by atoms with Crippen molar-refractivity contribution in [1.82, 2.24) is 4.90 Å². The molecule has 0 unspecified atom stereocenters. The smallest absolute Gasteiger partial charge is 0.238 e. The second-order valence-electron chi connectivity index (χ2n) is 8.37. The molecule has 5 nitrogen and oxygen atoms in total. The summed E-state index contributed by atoms with van der Waals surface area (Å²) in [5.74, 6) is -0.889. The highest BCUT2D eigenvalue weighted by Crippen LogP contribution is 2.21. The molecule has 0 spiro atoms. The van der Waals surface area contributed by atoms with Gasteiger partial charge in [-0.2, -0.15) is 0 Å². The second kappa shape index (κ2) is 10.9. The van der Waals surface area contributed by atoms with Crippen LogP contribution in [0.5, 0.6) is 0 Å². The molecule has 6 heteroatoms. The number of para-hydroxylation sites is 2. The van der Waals surface area contributed by atoms with Crippen molar-refractivity contribution in [3.8, 4) is 0 Å². The van der Waals surface area contributed by atoms with Crippen LogP contribution in [0.15, 0.2) is 60.7 Å². The zero-order chi connectivity index (χ0) is 24.0. The average Bonchev–Trinajstić information content (AvgIpc) is 2.75. The third-order valence-corrected chi connectivity index (χ3v) is 5.58. The molecule has 0 aliphatic carbocycles. The summed E-state index contributed by atoms with van der Waals surface area (Å²) >= 11 is 0. The van der Waals surface area contributed by atoms with E-state index in [1.165, 1.54) is 6.07 Å². The summed E-state index contributed by atoms with van der Waals surface area (Å²) in [4.78, 5) is 27.4. The van der Waals surface area contributed by atoms with Crippen LogP contribution in [0.4, 0.5) is 15.8 Å². The van der Waals surface area contributed by atoms with E-state index in [0.29, 0.717) is 5.56 Å². The molecule has 0 saturated heterocycles. The Hall–Kier alpha value is -3.51. The minimum Gasteiger partial charge on any atom is -0.324 e. The quantitative estimate of drug-likeness (QED) is 0.503. The number of nitrogens with zero attached hydrogens (tertiary/aromatic N) is 1. The molecule has 3 aromatic rings. The number of carbonyl (C=O) groups excluding carboxylic acids is 2. The number of benzene rings is 3. The summed E-state index contributed by atoms with van der Waals surface area (Å²) in [6.45, 7) is 7.74. The molecule has 2 amide bonds. The number of rotatable bonds is 8. The first kappa shape index (κ1) is 24.1. The predicted molar refractivity (Wildman–Crippen MR) is 131 cm³/mol. The molecule has 0 aliphatic heterocycles. The Balaban J connectivity index is 1.76. The lowest BCUT2D eigenvalue weighted by Crippen LogP contribution is -2.39. The minimum atomic E-state index is -0.368. The van der Waals surface area contributed by atoms with Crippen LogP contribution in [-0.2, 0) is 16.1 Å². The van der Waals surface area contributed by atoms with Crippen LogP contribution in [0.2, 0.25) is 0 Å². The van der Waals surface area contributed by atoms with Crippen LogP contribution in [0, 0.1) is 33.5 Å². The van der Waals surface area contributed by atoms with E-state index in [-0.39, 0.29) is 37.3 Å². The van der Waals surface area contributed by atoms with Gasteiger partial charge in [0.15, 0.2) is 0 Å². The molecule has 0 bridgehead atoms. The summed E-state index contributed by atoms with van der Waals surface area (Å²) in [5, 5.41) is 5.89. The lowest BCUT2D eigenvalue weighted by molar-refractivity contribution is -0.120. The van der Waals surface area contributed by atoms with Gasteiger partial charge in [0, 0.05) is 23.5 Å². The minimum absolute atomic E-state index is 0.0533. The van der Waals surface area contributed by atoms with Crippen LogP contribution in [-0.4, -0.2) is 29.8 Å². The molecule has 2 N–H and O–H groups in total. The lowest BCUT2D eigenvalue weighted by Gasteiger charge is -2.23. The van der Waals surface area contributed by atoms with Gasteiger partial charge in [0.1, 0.15) is 5.82 Å². The van der Waals surface area contributed by atoms with E-state index in [1.54, 1.807) is 23.1 Å². The number of carbonyl (C=O) groups is 2. The van der Waals surface area contributed by atoms with Gasteiger partial charge in [0.25, 0.3) is 0 Å². The standard InChI is InChI=1S/C27H30FN3O2/c1-18-9-7-10-19(2)26(18)29-24(32)16-31(15-22-13-5-6-14-23(22)28)17-25(33)30-27-20(3)11-8-12-21(27)4/h5-14H,15-17H2,1-4H3,(H,29,32)(H,30,33). The normalized spacial score (nSPS) is 10.8. The Morgan fingerprint density at radius 2 is 1.12 bits per heavy atom. The van der Waals surface area contributed by atoms with Gasteiger partial charge in [0.2, 0.25) is 11.8 Å². The SMILES string of the molecule is Cc1cccc(C)c1NC(=O)CN(CC(=O)Nc1c(C)cccc1C)Cc1ccccc1F. The Morgan fingerprint density at radius 3 is 1.55 bits per heavy atom. The molecule has 0 saturated carbocycles. The first-order valence-electron chi connectivity index (χ1n) is 10.9. The highest BCUT2D eigenvalue weighted by atomic mass is 19.1. The maximum atomic E-state index is 14.3. The fourth-order valence-corrected chi connectivity index (χ4v) is 3.82. The van der Waals surface area contributed by atoms with Gasteiger partial charge in [0.05, 0.1) is 13.1 Å². The number of hydrogen-bond donors (Lipinski definition) is 2. The van der Waals surface area contributed by atoms with E-state index < -0.39 is 0 Å². The summed E-state index contributed by atoms with van der Waals surface area (Å²) < 4.78 is 14.3. The number of nitrogens with one attached hydrogen (secondary N) is 2. The monoisotopic (exact) mass is 447 g/mol. The summed E-state index contributed by atoms with van der Waals surface area (Å²) in [7, 11) is 0. The Morgan fingerprint density at radius 1 is 0.697 bits per heavy atom. The van der Waals surface area contributed by atoms with Gasteiger partial charge < -0.3 is 10.6 Å². The largest absolute Gasteiger partial charge is 0.324 e. The molecule has 33 heavy (non-hydrogen) atoms. The van der Waals surface area contributed by atoms with Crippen LogP contribution in [0.25, 0.3) is 0 Å². The van der Waals surface area contributed by atoms with E-state index in [2.05, 4.69) is 10.6 Å². The van der Waals surface area contributed by atoms with Crippen molar-refractivity contribution >= 4 is 23.2 Å². The third-order valence-electron chi connectivity index (χ3n) is 5.58. The molecule has 0 fully saturated rings. The lowest BCUT2D eigenvalue weighted by atomic mass is 10.1. The summed E-state index contributed by atoms with van der Waals surface area (Å²) in [6.07, 6.45) is 0. The van der Waals surface area contributed by atoms with Crippen molar-refractivity contribution in [3.63, 3.8) is 0 Å². The summed E-state index contributed by atoms with van der Waals surface area (Å²) in [5.41, 5.74) is 5.76. The number of amides is 2. The molecule has 172 valence electrons. The highest BCUT2D eigenvalue weighted by molar-refractivity contribution is 5.96. The molecule has 0 aromatic heterocycles. The van der Waals surface area contributed by atoms with Gasteiger partial charge in [-0.1, -0.05) is 54.6 Å². The van der Waals surface area contributed by atoms with Gasteiger partial charge in [-0.05, 0) is 56.0 Å².